The highest BCUT2D eigenvalue weighted by atomic mass is 19.4. The molecule has 1 heterocycles. The summed E-state index contributed by atoms with van der Waals surface area (Å²) in [5.74, 6) is 0. The van der Waals surface area contributed by atoms with Crippen LogP contribution in [0.15, 0.2) is 12.3 Å². The topological polar surface area (TPSA) is 29.9 Å². The minimum atomic E-state index is -4.23. The lowest BCUT2D eigenvalue weighted by molar-refractivity contribution is -0.155. The average molecular weight is 289 g/mol. The Hall–Kier alpha value is -1.04. The van der Waals surface area contributed by atoms with Crippen LogP contribution in [-0.2, 0) is 6.42 Å². The van der Waals surface area contributed by atoms with Crippen molar-refractivity contribution in [3.05, 3.63) is 18.0 Å². The number of nitrogens with zero attached hydrogens (tertiary/aromatic N) is 2. The van der Waals surface area contributed by atoms with Crippen molar-refractivity contribution in [2.24, 2.45) is 0 Å². The molecule has 0 aliphatic heterocycles. The van der Waals surface area contributed by atoms with Crippen LogP contribution in [0.3, 0.4) is 0 Å². The maximum Gasteiger partial charge on any atom is 0.404 e. The van der Waals surface area contributed by atoms with Crippen LogP contribution in [0.1, 0.15) is 50.8 Å². The Labute approximate surface area is 117 Å². The molecule has 0 spiro atoms. The zero-order valence-corrected chi connectivity index (χ0v) is 11.8. The SMILES string of the molecule is CCNC(Cc1ccn(C2CCCCC2)n1)C(F)(F)F. The molecule has 0 radical (unpaired) electrons. The van der Waals surface area contributed by atoms with Crippen molar-refractivity contribution in [3.63, 3.8) is 0 Å². The molecule has 6 heteroatoms. The summed E-state index contributed by atoms with van der Waals surface area (Å²) in [5.41, 5.74) is 0.513. The van der Waals surface area contributed by atoms with Gasteiger partial charge in [0.1, 0.15) is 6.04 Å². The van der Waals surface area contributed by atoms with E-state index in [-0.39, 0.29) is 6.42 Å². The summed E-state index contributed by atoms with van der Waals surface area (Å²) in [6.45, 7) is 1.98. The quantitative estimate of drug-likeness (QED) is 0.899. The van der Waals surface area contributed by atoms with E-state index < -0.39 is 12.2 Å². The first-order chi connectivity index (χ1) is 9.50. The molecule has 0 amide bonds. The van der Waals surface area contributed by atoms with Gasteiger partial charge in [-0.25, -0.2) is 0 Å². The lowest BCUT2D eigenvalue weighted by Crippen LogP contribution is -2.43. The van der Waals surface area contributed by atoms with Gasteiger partial charge in [0.2, 0.25) is 0 Å². The molecule has 1 aliphatic carbocycles. The van der Waals surface area contributed by atoms with Crippen LogP contribution >= 0.6 is 0 Å². The molecule has 0 saturated heterocycles. The molecule has 0 bridgehead atoms. The van der Waals surface area contributed by atoms with Crippen LogP contribution in [0.2, 0.25) is 0 Å². The van der Waals surface area contributed by atoms with E-state index in [1.54, 1.807) is 13.0 Å². The van der Waals surface area contributed by atoms with Crippen LogP contribution in [-0.4, -0.2) is 28.5 Å². The molecular formula is C14H22F3N3. The van der Waals surface area contributed by atoms with E-state index in [1.165, 1.54) is 19.3 Å². The van der Waals surface area contributed by atoms with Gasteiger partial charge in [0.25, 0.3) is 0 Å². The molecular weight excluding hydrogens is 267 g/mol. The highest BCUT2D eigenvalue weighted by Gasteiger charge is 2.39. The summed E-state index contributed by atoms with van der Waals surface area (Å²) >= 11 is 0. The normalized spacial score (nSPS) is 19.2. The molecule has 2 rings (SSSR count). The Morgan fingerprint density at radius 1 is 1.35 bits per heavy atom. The van der Waals surface area contributed by atoms with E-state index in [4.69, 9.17) is 0 Å². The minimum absolute atomic E-state index is 0.100. The molecule has 1 fully saturated rings. The lowest BCUT2D eigenvalue weighted by Gasteiger charge is -2.22. The first kappa shape index (κ1) is 15.4. The van der Waals surface area contributed by atoms with Gasteiger partial charge in [0.05, 0.1) is 11.7 Å². The third-order valence-electron chi connectivity index (χ3n) is 3.87. The first-order valence-electron chi connectivity index (χ1n) is 7.35. The molecule has 114 valence electrons. The van der Waals surface area contributed by atoms with Gasteiger partial charge in [-0.15, -0.1) is 0 Å². The van der Waals surface area contributed by atoms with Gasteiger partial charge in [-0.3, -0.25) is 4.68 Å². The summed E-state index contributed by atoms with van der Waals surface area (Å²) in [4.78, 5) is 0. The molecule has 0 aromatic carbocycles. The number of alkyl halides is 3. The van der Waals surface area contributed by atoms with Gasteiger partial charge in [-0.1, -0.05) is 26.2 Å². The Kier molecular flexibility index (Phi) is 5.07. The van der Waals surface area contributed by atoms with Crippen LogP contribution in [0, 0.1) is 0 Å². The zero-order chi connectivity index (χ0) is 14.6. The summed E-state index contributed by atoms with van der Waals surface area (Å²) < 4.78 is 40.4. The minimum Gasteiger partial charge on any atom is -0.306 e. The second-order valence-electron chi connectivity index (χ2n) is 5.43. The Morgan fingerprint density at radius 3 is 2.65 bits per heavy atom. The van der Waals surface area contributed by atoms with Crippen LogP contribution in [0.5, 0.6) is 0 Å². The van der Waals surface area contributed by atoms with Crippen molar-refractivity contribution >= 4 is 0 Å². The number of halogens is 3. The average Bonchev–Trinajstić information content (AvgIpc) is 2.87. The smallest absolute Gasteiger partial charge is 0.306 e. The monoisotopic (exact) mass is 289 g/mol. The third-order valence-corrected chi connectivity index (χ3v) is 3.87. The predicted molar refractivity (Wildman–Crippen MR) is 71.6 cm³/mol. The summed E-state index contributed by atoms with van der Waals surface area (Å²) in [7, 11) is 0. The second-order valence-corrected chi connectivity index (χ2v) is 5.43. The van der Waals surface area contributed by atoms with Crippen molar-refractivity contribution in [1.82, 2.24) is 15.1 Å². The molecule has 1 aliphatic rings. The van der Waals surface area contributed by atoms with Gasteiger partial charge < -0.3 is 5.32 Å². The van der Waals surface area contributed by atoms with Gasteiger partial charge in [-0.05, 0) is 25.5 Å². The number of hydrogen-bond acceptors (Lipinski definition) is 2. The van der Waals surface area contributed by atoms with Gasteiger partial charge >= 0.3 is 6.18 Å². The summed E-state index contributed by atoms with van der Waals surface area (Å²) in [6.07, 6.45) is 3.27. The maximum atomic E-state index is 12.9. The number of hydrogen-bond donors (Lipinski definition) is 1. The van der Waals surface area contributed by atoms with E-state index in [1.807, 2.05) is 10.9 Å². The van der Waals surface area contributed by atoms with Gasteiger partial charge in [0.15, 0.2) is 0 Å². The molecule has 1 unspecified atom stereocenters. The number of likely N-dealkylation sites (N-methyl/N-ethyl adjacent to an activating group) is 1. The zero-order valence-electron chi connectivity index (χ0n) is 11.8. The Bertz CT molecular complexity index is 408. The standard InChI is InChI=1S/C14H22F3N3/c1-2-18-13(14(15,16)17)10-11-8-9-20(19-11)12-6-4-3-5-7-12/h8-9,12-13,18H,2-7,10H2,1H3. The van der Waals surface area contributed by atoms with Crippen LogP contribution in [0.4, 0.5) is 13.2 Å². The molecule has 1 N–H and O–H groups in total. The largest absolute Gasteiger partial charge is 0.404 e. The van der Waals surface area contributed by atoms with Crippen LogP contribution < -0.4 is 5.32 Å². The van der Waals surface area contributed by atoms with E-state index in [0.717, 1.165) is 12.8 Å². The predicted octanol–water partition coefficient (Wildman–Crippen LogP) is 3.47. The second kappa shape index (κ2) is 6.61. The van der Waals surface area contributed by atoms with Crippen molar-refractivity contribution in [2.45, 2.75) is 63.7 Å². The fourth-order valence-electron chi connectivity index (χ4n) is 2.79. The highest BCUT2D eigenvalue weighted by molar-refractivity contribution is 5.03. The van der Waals surface area contributed by atoms with Crippen molar-refractivity contribution < 1.29 is 13.2 Å². The van der Waals surface area contributed by atoms with Crippen LogP contribution in [0.25, 0.3) is 0 Å². The van der Waals surface area contributed by atoms with E-state index in [9.17, 15) is 13.2 Å². The Balaban J connectivity index is 2.00. The third kappa shape index (κ3) is 3.98. The van der Waals surface area contributed by atoms with E-state index in [2.05, 4.69) is 10.4 Å². The van der Waals surface area contributed by atoms with Crippen molar-refractivity contribution in [1.29, 1.82) is 0 Å². The first-order valence-corrected chi connectivity index (χ1v) is 7.35. The van der Waals surface area contributed by atoms with Gasteiger partial charge in [-0.2, -0.15) is 18.3 Å². The summed E-state index contributed by atoms with van der Waals surface area (Å²) in [5, 5.41) is 6.83. The number of aromatic nitrogens is 2. The Morgan fingerprint density at radius 2 is 2.05 bits per heavy atom. The molecule has 1 atom stereocenters. The molecule has 3 nitrogen and oxygen atoms in total. The number of nitrogens with one attached hydrogen (secondary N) is 1. The highest BCUT2D eigenvalue weighted by Crippen LogP contribution is 2.28. The lowest BCUT2D eigenvalue weighted by atomic mass is 9.96. The fraction of sp³-hybridized carbons (Fsp3) is 0.786. The van der Waals surface area contributed by atoms with E-state index >= 15 is 0 Å². The number of rotatable bonds is 5. The van der Waals surface area contributed by atoms with Crippen molar-refractivity contribution in [2.75, 3.05) is 6.54 Å². The fourth-order valence-corrected chi connectivity index (χ4v) is 2.79. The van der Waals surface area contributed by atoms with Crippen molar-refractivity contribution in [3.8, 4) is 0 Å². The summed E-state index contributed by atoms with van der Waals surface area (Å²) in [6, 6.07) is 0.563. The van der Waals surface area contributed by atoms with E-state index in [0.29, 0.717) is 18.3 Å². The molecule has 20 heavy (non-hydrogen) atoms. The molecule has 1 aromatic heterocycles. The van der Waals surface area contributed by atoms with Gasteiger partial charge in [0, 0.05) is 12.6 Å². The molecule has 1 aromatic rings. The molecule has 1 saturated carbocycles. The maximum absolute atomic E-state index is 12.9.